The van der Waals surface area contributed by atoms with Crippen LogP contribution in [0.5, 0.6) is 0 Å². The highest BCUT2D eigenvalue weighted by Gasteiger charge is 2.30. The standard InChI is InChI=1S/C20H14F3NO5/c1-11(18(26)24-13-8-6-12(7-9-13)20(21,22)23)28-19(27)17-10-15(25)14-4-2-3-5-16(14)29-17/h2-11H,1H3,(H,24,26)/t11-/m0/s1. The lowest BCUT2D eigenvalue weighted by Gasteiger charge is -2.14. The Labute approximate surface area is 161 Å². The van der Waals surface area contributed by atoms with Crippen molar-refractivity contribution in [2.75, 3.05) is 5.32 Å². The smallest absolute Gasteiger partial charge is 0.416 e. The molecule has 6 nitrogen and oxygen atoms in total. The summed E-state index contributed by atoms with van der Waals surface area (Å²) in [4.78, 5) is 36.4. The molecule has 1 heterocycles. The van der Waals surface area contributed by atoms with E-state index >= 15 is 0 Å². The van der Waals surface area contributed by atoms with Gasteiger partial charge in [0.05, 0.1) is 10.9 Å². The number of para-hydroxylation sites is 1. The van der Waals surface area contributed by atoms with Crippen LogP contribution in [0.4, 0.5) is 18.9 Å². The largest absolute Gasteiger partial charge is 0.449 e. The van der Waals surface area contributed by atoms with Crippen molar-refractivity contribution in [2.45, 2.75) is 19.2 Å². The van der Waals surface area contributed by atoms with E-state index in [1.165, 1.54) is 19.1 Å². The summed E-state index contributed by atoms with van der Waals surface area (Å²) in [5.41, 5.74) is -1.01. The Morgan fingerprint density at radius 3 is 2.38 bits per heavy atom. The molecule has 0 aliphatic carbocycles. The van der Waals surface area contributed by atoms with Gasteiger partial charge in [-0.1, -0.05) is 12.1 Å². The second-order valence-corrected chi connectivity index (χ2v) is 6.08. The van der Waals surface area contributed by atoms with Gasteiger partial charge in [0.1, 0.15) is 5.58 Å². The van der Waals surface area contributed by atoms with E-state index in [9.17, 15) is 27.6 Å². The van der Waals surface area contributed by atoms with Crippen molar-refractivity contribution in [3.8, 4) is 0 Å². The zero-order valence-electron chi connectivity index (χ0n) is 14.9. The van der Waals surface area contributed by atoms with Crippen LogP contribution in [0.25, 0.3) is 11.0 Å². The van der Waals surface area contributed by atoms with E-state index in [1.54, 1.807) is 12.1 Å². The molecule has 9 heteroatoms. The van der Waals surface area contributed by atoms with Gasteiger partial charge in [-0.25, -0.2) is 4.79 Å². The minimum absolute atomic E-state index is 0.100. The van der Waals surface area contributed by atoms with Gasteiger partial charge < -0.3 is 14.5 Å². The lowest BCUT2D eigenvalue weighted by atomic mass is 10.2. The molecule has 0 fully saturated rings. The normalized spacial score (nSPS) is 12.4. The third kappa shape index (κ3) is 4.63. The summed E-state index contributed by atoms with van der Waals surface area (Å²) in [6.07, 6.45) is -5.78. The number of benzene rings is 2. The van der Waals surface area contributed by atoms with E-state index < -0.39 is 35.1 Å². The van der Waals surface area contributed by atoms with Crippen LogP contribution in [0.3, 0.4) is 0 Å². The molecule has 0 bridgehead atoms. The first kappa shape index (κ1) is 20.1. The Balaban J connectivity index is 1.68. The number of ether oxygens (including phenoxy) is 1. The summed E-state index contributed by atoms with van der Waals surface area (Å²) in [5, 5.41) is 2.63. The molecule has 0 radical (unpaired) electrons. The lowest BCUT2D eigenvalue weighted by molar-refractivity contribution is -0.137. The summed E-state index contributed by atoms with van der Waals surface area (Å²) in [5.74, 6) is -2.16. The highest BCUT2D eigenvalue weighted by atomic mass is 19.4. The maximum atomic E-state index is 12.6. The van der Waals surface area contributed by atoms with E-state index in [0.29, 0.717) is 0 Å². The van der Waals surface area contributed by atoms with Crippen LogP contribution < -0.4 is 10.7 Å². The van der Waals surface area contributed by atoms with E-state index in [-0.39, 0.29) is 22.4 Å². The number of fused-ring (bicyclic) bond motifs is 1. The van der Waals surface area contributed by atoms with E-state index in [2.05, 4.69) is 5.32 Å². The molecule has 0 aliphatic heterocycles. The predicted octanol–water partition coefficient (Wildman–Crippen LogP) is 4.00. The molecule has 0 saturated carbocycles. The van der Waals surface area contributed by atoms with Crippen molar-refractivity contribution in [3.05, 3.63) is 76.1 Å². The molecule has 1 aromatic heterocycles. The minimum Gasteiger partial charge on any atom is -0.449 e. The van der Waals surface area contributed by atoms with Crippen molar-refractivity contribution < 1.29 is 31.9 Å². The molecule has 0 aliphatic rings. The molecular formula is C20H14F3NO5. The molecule has 29 heavy (non-hydrogen) atoms. The zero-order valence-corrected chi connectivity index (χ0v) is 14.9. The Kier molecular flexibility index (Phi) is 5.40. The van der Waals surface area contributed by atoms with Gasteiger partial charge in [-0.15, -0.1) is 0 Å². The summed E-state index contributed by atoms with van der Waals surface area (Å²) in [6.45, 7) is 1.27. The van der Waals surface area contributed by atoms with E-state index in [1.807, 2.05) is 0 Å². The molecule has 2 aromatic carbocycles. The van der Waals surface area contributed by atoms with Crippen molar-refractivity contribution >= 4 is 28.5 Å². The van der Waals surface area contributed by atoms with Crippen molar-refractivity contribution in [3.63, 3.8) is 0 Å². The summed E-state index contributed by atoms with van der Waals surface area (Å²) < 4.78 is 48.0. The Hall–Kier alpha value is -3.62. The number of anilines is 1. The van der Waals surface area contributed by atoms with Gasteiger partial charge in [0, 0.05) is 11.8 Å². The lowest BCUT2D eigenvalue weighted by Crippen LogP contribution is -2.30. The highest BCUT2D eigenvalue weighted by molar-refractivity contribution is 5.97. The van der Waals surface area contributed by atoms with Crippen LogP contribution in [-0.2, 0) is 15.7 Å². The fourth-order valence-corrected chi connectivity index (χ4v) is 2.46. The first-order valence-corrected chi connectivity index (χ1v) is 8.37. The number of hydrogen-bond donors (Lipinski definition) is 1. The molecule has 1 N–H and O–H groups in total. The maximum absolute atomic E-state index is 12.6. The molecule has 1 atom stereocenters. The number of halogens is 3. The first-order valence-electron chi connectivity index (χ1n) is 8.37. The molecule has 0 spiro atoms. The van der Waals surface area contributed by atoms with Crippen LogP contribution in [0.1, 0.15) is 23.0 Å². The summed E-state index contributed by atoms with van der Waals surface area (Å²) >= 11 is 0. The number of carbonyl (C=O) groups excluding carboxylic acids is 2. The van der Waals surface area contributed by atoms with Crippen LogP contribution in [0, 0.1) is 0 Å². The number of alkyl halides is 3. The predicted molar refractivity (Wildman–Crippen MR) is 97.4 cm³/mol. The third-order valence-electron chi connectivity index (χ3n) is 3.97. The number of hydrogen-bond acceptors (Lipinski definition) is 5. The Morgan fingerprint density at radius 2 is 1.72 bits per heavy atom. The van der Waals surface area contributed by atoms with Crippen LogP contribution >= 0.6 is 0 Å². The van der Waals surface area contributed by atoms with Crippen molar-refractivity contribution in [1.82, 2.24) is 0 Å². The average Bonchev–Trinajstić information content (AvgIpc) is 2.67. The summed E-state index contributed by atoms with van der Waals surface area (Å²) in [6, 6.07) is 11.1. The number of rotatable bonds is 4. The molecular weight excluding hydrogens is 391 g/mol. The third-order valence-corrected chi connectivity index (χ3v) is 3.97. The topological polar surface area (TPSA) is 85.6 Å². The fourth-order valence-electron chi connectivity index (χ4n) is 2.46. The fraction of sp³-hybridized carbons (Fsp3) is 0.150. The number of carbonyl (C=O) groups is 2. The van der Waals surface area contributed by atoms with Crippen LogP contribution in [-0.4, -0.2) is 18.0 Å². The van der Waals surface area contributed by atoms with Gasteiger partial charge in [-0.05, 0) is 43.3 Å². The molecule has 150 valence electrons. The van der Waals surface area contributed by atoms with Gasteiger partial charge in [0.2, 0.25) is 5.76 Å². The average molecular weight is 405 g/mol. The Morgan fingerprint density at radius 1 is 1.07 bits per heavy atom. The van der Waals surface area contributed by atoms with Gasteiger partial charge in [0.25, 0.3) is 5.91 Å². The number of nitrogens with one attached hydrogen (secondary N) is 1. The van der Waals surface area contributed by atoms with Gasteiger partial charge in [-0.2, -0.15) is 13.2 Å². The monoisotopic (exact) mass is 405 g/mol. The molecule has 0 unspecified atom stereocenters. The van der Waals surface area contributed by atoms with Crippen molar-refractivity contribution in [1.29, 1.82) is 0 Å². The summed E-state index contributed by atoms with van der Waals surface area (Å²) in [7, 11) is 0. The quantitative estimate of drug-likeness (QED) is 0.664. The van der Waals surface area contributed by atoms with Crippen molar-refractivity contribution in [2.24, 2.45) is 0 Å². The van der Waals surface area contributed by atoms with Gasteiger partial charge in [-0.3, -0.25) is 9.59 Å². The molecule has 0 saturated heterocycles. The van der Waals surface area contributed by atoms with Gasteiger partial charge >= 0.3 is 12.1 Å². The van der Waals surface area contributed by atoms with Gasteiger partial charge in [0.15, 0.2) is 11.5 Å². The molecule has 3 rings (SSSR count). The minimum atomic E-state index is -4.49. The molecule has 1 amide bonds. The van der Waals surface area contributed by atoms with E-state index in [4.69, 9.17) is 9.15 Å². The number of esters is 1. The van der Waals surface area contributed by atoms with Crippen LogP contribution in [0.2, 0.25) is 0 Å². The Bertz CT molecular complexity index is 1120. The second-order valence-electron chi connectivity index (χ2n) is 6.08. The second kappa shape index (κ2) is 7.78. The zero-order chi connectivity index (χ0) is 21.2. The maximum Gasteiger partial charge on any atom is 0.416 e. The first-order chi connectivity index (χ1) is 13.6. The number of amides is 1. The molecule has 3 aromatic rings. The highest BCUT2D eigenvalue weighted by Crippen LogP contribution is 2.29. The SMILES string of the molecule is C[C@H](OC(=O)c1cc(=O)c2ccccc2o1)C(=O)Nc1ccc(C(F)(F)F)cc1. The van der Waals surface area contributed by atoms with E-state index in [0.717, 1.165) is 30.3 Å². The van der Waals surface area contributed by atoms with Crippen LogP contribution in [0.15, 0.2) is 63.8 Å².